The van der Waals surface area contributed by atoms with Gasteiger partial charge in [0.15, 0.2) is 0 Å². The Balaban J connectivity index is 2.23. The highest BCUT2D eigenvalue weighted by atomic mass is 32.2. The van der Waals surface area contributed by atoms with Crippen LogP contribution in [0.3, 0.4) is 0 Å². The van der Waals surface area contributed by atoms with Crippen molar-refractivity contribution in [2.75, 3.05) is 7.05 Å². The number of thiophene rings is 2. The molecule has 0 aromatic carbocycles. The largest absolute Gasteiger partial charge is 0.252 e. The van der Waals surface area contributed by atoms with E-state index in [1.165, 1.54) is 27.8 Å². The van der Waals surface area contributed by atoms with E-state index in [0.717, 1.165) is 16.2 Å². The van der Waals surface area contributed by atoms with Gasteiger partial charge in [-0.1, -0.05) is 6.07 Å². The standard InChI is InChI=1S/C11H10N2O2S3/c1-13(8-10-3-2-6-16-10)18(14,15)11-5-4-9(7-12)17-11/h2-6H,8H2,1H3. The third-order valence-corrected chi connectivity index (χ3v) is 6.44. The van der Waals surface area contributed by atoms with E-state index in [1.54, 1.807) is 7.05 Å². The van der Waals surface area contributed by atoms with Crippen molar-refractivity contribution >= 4 is 32.7 Å². The Hall–Kier alpha value is -1.20. The van der Waals surface area contributed by atoms with Gasteiger partial charge in [0, 0.05) is 18.5 Å². The summed E-state index contributed by atoms with van der Waals surface area (Å²) in [6, 6.07) is 8.72. The second kappa shape index (κ2) is 5.20. The monoisotopic (exact) mass is 298 g/mol. The molecule has 7 heteroatoms. The number of hydrogen-bond donors (Lipinski definition) is 0. The molecule has 0 atom stereocenters. The summed E-state index contributed by atoms with van der Waals surface area (Å²) in [5.74, 6) is 0. The number of nitrogens with zero attached hydrogens (tertiary/aromatic N) is 2. The van der Waals surface area contributed by atoms with Crippen LogP contribution in [0.25, 0.3) is 0 Å². The Kier molecular flexibility index (Phi) is 3.82. The Labute approximate surface area is 114 Å². The van der Waals surface area contributed by atoms with Gasteiger partial charge >= 0.3 is 0 Å². The molecule has 0 radical (unpaired) electrons. The zero-order chi connectivity index (χ0) is 13.2. The summed E-state index contributed by atoms with van der Waals surface area (Å²) in [5.41, 5.74) is 0. The average molecular weight is 298 g/mol. The van der Waals surface area contributed by atoms with Crippen molar-refractivity contribution in [3.8, 4) is 6.07 Å². The maximum Gasteiger partial charge on any atom is 0.252 e. The first-order valence-corrected chi connectivity index (χ1v) is 8.16. The van der Waals surface area contributed by atoms with Crippen LogP contribution in [0.15, 0.2) is 33.9 Å². The van der Waals surface area contributed by atoms with Crippen LogP contribution in [0, 0.1) is 11.3 Å². The molecule has 0 aliphatic carbocycles. The molecule has 18 heavy (non-hydrogen) atoms. The lowest BCUT2D eigenvalue weighted by atomic mass is 10.5. The van der Waals surface area contributed by atoms with Crippen LogP contribution >= 0.6 is 22.7 Å². The highest BCUT2D eigenvalue weighted by Gasteiger charge is 2.23. The molecule has 0 spiro atoms. The third-order valence-electron chi connectivity index (χ3n) is 2.31. The molecule has 0 aliphatic heterocycles. The van der Waals surface area contributed by atoms with Crippen LogP contribution in [-0.2, 0) is 16.6 Å². The van der Waals surface area contributed by atoms with Gasteiger partial charge in [-0.3, -0.25) is 0 Å². The average Bonchev–Trinajstić information content (AvgIpc) is 2.99. The van der Waals surface area contributed by atoms with Crippen molar-refractivity contribution in [1.82, 2.24) is 4.31 Å². The lowest BCUT2D eigenvalue weighted by Crippen LogP contribution is -2.25. The number of hydrogen-bond acceptors (Lipinski definition) is 5. The molecule has 2 heterocycles. The molecule has 0 amide bonds. The Bertz CT molecular complexity index is 665. The van der Waals surface area contributed by atoms with E-state index >= 15 is 0 Å². The summed E-state index contributed by atoms with van der Waals surface area (Å²) in [6.07, 6.45) is 0. The van der Waals surface area contributed by atoms with Gasteiger partial charge in [0.25, 0.3) is 10.0 Å². The first-order chi connectivity index (χ1) is 8.54. The molecule has 0 bridgehead atoms. The summed E-state index contributed by atoms with van der Waals surface area (Å²) in [6.45, 7) is 0.347. The Morgan fingerprint density at radius 2 is 2.17 bits per heavy atom. The minimum atomic E-state index is -3.50. The topological polar surface area (TPSA) is 61.2 Å². The van der Waals surface area contributed by atoms with Crippen LogP contribution in [0.1, 0.15) is 9.75 Å². The van der Waals surface area contributed by atoms with E-state index < -0.39 is 10.0 Å². The van der Waals surface area contributed by atoms with E-state index in [2.05, 4.69) is 0 Å². The van der Waals surface area contributed by atoms with E-state index in [4.69, 9.17) is 5.26 Å². The Morgan fingerprint density at radius 1 is 1.39 bits per heavy atom. The summed E-state index contributed by atoms with van der Waals surface area (Å²) in [4.78, 5) is 1.39. The SMILES string of the molecule is CN(Cc1cccs1)S(=O)(=O)c1ccc(C#N)s1. The lowest BCUT2D eigenvalue weighted by molar-refractivity contribution is 0.471. The van der Waals surface area contributed by atoms with E-state index in [9.17, 15) is 8.42 Å². The molecule has 0 saturated carbocycles. The van der Waals surface area contributed by atoms with Crippen LogP contribution in [0.5, 0.6) is 0 Å². The maximum atomic E-state index is 12.2. The second-order valence-electron chi connectivity index (χ2n) is 3.57. The highest BCUT2D eigenvalue weighted by Crippen LogP contribution is 2.25. The van der Waals surface area contributed by atoms with Gasteiger partial charge in [0.1, 0.15) is 15.2 Å². The molecule has 0 N–H and O–H groups in total. The number of nitriles is 1. The molecule has 2 aromatic rings. The maximum absolute atomic E-state index is 12.2. The summed E-state index contributed by atoms with van der Waals surface area (Å²) in [7, 11) is -1.95. The van der Waals surface area contributed by atoms with E-state index in [0.29, 0.717) is 11.4 Å². The quantitative estimate of drug-likeness (QED) is 0.871. The second-order valence-corrected chi connectivity index (χ2v) is 7.96. The van der Waals surface area contributed by atoms with Gasteiger partial charge in [-0.05, 0) is 23.6 Å². The van der Waals surface area contributed by atoms with Crippen molar-refractivity contribution in [3.63, 3.8) is 0 Å². The van der Waals surface area contributed by atoms with Crippen molar-refractivity contribution in [3.05, 3.63) is 39.4 Å². The predicted octanol–water partition coefficient (Wildman–Crippen LogP) is 2.50. The minimum Gasteiger partial charge on any atom is -0.206 e. The van der Waals surface area contributed by atoms with Gasteiger partial charge in [0.2, 0.25) is 0 Å². The molecule has 2 aromatic heterocycles. The highest BCUT2D eigenvalue weighted by molar-refractivity contribution is 7.91. The molecule has 0 aliphatic rings. The summed E-state index contributed by atoms with van der Waals surface area (Å²) in [5, 5.41) is 10.6. The van der Waals surface area contributed by atoms with Crippen molar-refractivity contribution < 1.29 is 8.42 Å². The fraction of sp³-hybridized carbons (Fsp3) is 0.182. The van der Waals surface area contributed by atoms with E-state index in [1.807, 2.05) is 23.6 Å². The van der Waals surface area contributed by atoms with Gasteiger partial charge in [-0.25, -0.2) is 8.42 Å². The van der Waals surface area contributed by atoms with Crippen LogP contribution in [0.2, 0.25) is 0 Å². The van der Waals surface area contributed by atoms with E-state index in [-0.39, 0.29) is 4.21 Å². The van der Waals surface area contributed by atoms with Gasteiger partial charge in [0.05, 0.1) is 0 Å². The summed E-state index contributed by atoms with van der Waals surface area (Å²) < 4.78 is 25.9. The molecule has 2 rings (SSSR count). The normalized spacial score (nSPS) is 11.6. The fourth-order valence-corrected chi connectivity index (χ4v) is 4.68. The molecule has 94 valence electrons. The molecule has 0 fully saturated rings. The van der Waals surface area contributed by atoms with Gasteiger partial charge in [-0.15, -0.1) is 22.7 Å². The molecule has 0 unspecified atom stereocenters. The zero-order valence-corrected chi connectivity index (χ0v) is 12.0. The predicted molar refractivity (Wildman–Crippen MR) is 72.0 cm³/mol. The van der Waals surface area contributed by atoms with Crippen molar-refractivity contribution in [2.24, 2.45) is 0 Å². The molecule has 0 saturated heterocycles. The Morgan fingerprint density at radius 3 is 2.72 bits per heavy atom. The van der Waals surface area contributed by atoms with Crippen molar-refractivity contribution in [1.29, 1.82) is 5.26 Å². The summed E-state index contributed by atoms with van der Waals surface area (Å²) >= 11 is 2.51. The van der Waals surface area contributed by atoms with Gasteiger partial charge in [-0.2, -0.15) is 9.57 Å². The molecular weight excluding hydrogens is 288 g/mol. The van der Waals surface area contributed by atoms with Crippen molar-refractivity contribution in [2.45, 2.75) is 10.8 Å². The smallest absolute Gasteiger partial charge is 0.206 e. The lowest BCUT2D eigenvalue weighted by Gasteiger charge is -2.14. The third kappa shape index (κ3) is 2.62. The molecular formula is C11H10N2O2S3. The molecule has 4 nitrogen and oxygen atoms in total. The minimum absolute atomic E-state index is 0.207. The fourth-order valence-electron chi connectivity index (χ4n) is 1.38. The van der Waals surface area contributed by atoms with Crippen LogP contribution < -0.4 is 0 Å². The van der Waals surface area contributed by atoms with Crippen LogP contribution in [-0.4, -0.2) is 19.8 Å². The number of sulfonamides is 1. The first kappa shape index (κ1) is 13.2. The van der Waals surface area contributed by atoms with Gasteiger partial charge < -0.3 is 0 Å². The first-order valence-electron chi connectivity index (χ1n) is 5.02. The van der Waals surface area contributed by atoms with Crippen LogP contribution in [0.4, 0.5) is 0 Å². The number of rotatable bonds is 4. The zero-order valence-electron chi connectivity index (χ0n) is 9.53.